The zero-order valence-corrected chi connectivity index (χ0v) is 17.8. The van der Waals surface area contributed by atoms with E-state index in [1.54, 1.807) is 6.07 Å². The molecule has 1 amide bonds. The van der Waals surface area contributed by atoms with Gasteiger partial charge in [-0.05, 0) is 56.2 Å². The van der Waals surface area contributed by atoms with Gasteiger partial charge in [0.25, 0.3) is 0 Å². The van der Waals surface area contributed by atoms with E-state index in [2.05, 4.69) is 19.2 Å². The van der Waals surface area contributed by atoms with Crippen molar-refractivity contribution in [1.82, 2.24) is 5.32 Å². The van der Waals surface area contributed by atoms with Gasteiger partial charge in [0, 0.05) is 23.8 Å². The molecule has 0 spiro atoms. The molecule has 0 aromatic heterocycles. The molecule has 0 bridgehead atoms. The van der Waals surface area contributed by atoms with Crippen molar-refractivity contribution in [1.29, 1.82) is 0 Å². The average Bonchev–Trinajstić information content (AvgIpc) is 3.22. The van der Waals surface area contributed by atoms with Crippen LogP contribution in [0.4, 0.5) is 13.2 Å². The van der Waals surface area contributed by atoms with Gasteiger partial charge in [0.15, 0.2) is 0 Å². The van der Waals surface area contributed by atoms with Gasteiger partial charge < -0.3 is 10.1 Å². The maximum atomic E-state index is 13.3. The Hall–Kier alpha value is -1.56. The number of amides is 1. The van der Waals surface area contributed by atoms with Crippen LogP contribution in [0.5, 0.6) is 0 Å². The van der Waals surface area contributed by atoms with Crippen molar-refractivity contribution < 1.29 is 22.7 Å². The van der Waals surface area contributed by atoms with Crippen LogP contribution in [0.15, 0.2) is 24.3 Å². The Morgan fingerprint density at radius 2 is 1.90 bits per heavy atom. The number of hydrogen-bond donors (Lipinski definition) is 1. The molecule has 2 aliphatic carbocycles. The fourth-order valence-electron chi connectivity index (χ4n) is 5.83. The van der Waals surface area contributed by atoms with Crippen LogP contribution in [0, 0.1) is 17.8 Å². The third kappa shape index (κ3) is 4.39. The number of halogens is 3. The summed E-state index contributed by atoms with van der Waals surface area (Å²) in [6.07, 6.45) is 2.62. The second-order valence-corrected chi connectivity index (χ2v) is 9.90. The monoisotopic (exact) mass is 423 g/mol. The summed E-state index contributed by atoms with van der Waals surface area (Å²) >= 11 is 0. The lowest BCUT2D eigenvalue weighted by atomic mass is 9.66. The van der Waals surface area contributed by atoms with Gasteiger partial charge in [-0.3, -0.25) is 4.79 Å². The van der Waals surface area contributed by atoms with E-state index in [0.717, 1.165) is 51.0 Å². The van der Waals surface area contributed by atoms with E-state index >= 15 is 0 Å². The molecule has 1 heterocycles. The fourth-order valence-corrected chi connectivity index (χ4v) is 5.83. The van der Waals surface area contributed by atoms with Crippen molar-refractivity contribution in [3.05, 3.63) is 35.4 Å². The first-order chi connectivity index (χ1) is 14.2. The molecule has 3 aliphatic rings. The van der Waals surface area contributed by atoms with Crippen LogP contribution in [0.1, 0.15) is 82.4 Å². The maximum Gasteiger partial charge on any atom is 0.416 e. The van der Waals surface area contributed by atoms with E-state index in [1.165, 1.54) is 12.1 Å². The quantitative estimate of drug-likeness (QED) is 0.644. The second kappa shape index (κ2) is 8.18. The van der Waals surface area contributed by atoms with Crippen LogP contribution in [0.2, 0.25) is 0 Å². The molecule has 4 rings (SSSR count). The van der Waals surface area contributed by atoms with Gasteiger partial charge in [-0.2, -0.15) is 13.2 Å². The van der Waals surface area contributed by atoms with Crippen molar-refractivity contribution >= 4 is 5.91 Å². The number of rotatable bonds is 3. The molecule has 3 nitrogen and oxygen atoms in total. The lowest BCUT2D eigenvalue weighted by Gasteiger charge is -2.52. The van der Waals surface area contributed by atoms with E-state index in [1.807, 2.05) is 0 Å². The summed E-state index contributed by atoms with van der Waals surface area (Å²) in [6.45, 7) is 4.28. The van der Waals surface area contributed by atoms with Crippen molar-refractivity contribution in [2.45, 2.75) is 89.1 Å². The highest BCUT2D eigenvalue weighted by molar-refractivity contribution is 5.79. The normalized spacial score (nSPS) is 35.1. The summed E-state index contributed by atoms with van der Waals surface area (Å²) in [6, 6.07) is 5.46. The Kier molecular flexibility index (Phi) is 5.90. The first-order valence-electron chi connectivity index (χ1n) is 11.3. The Bertz CT molecular complexity index is 774. The van der Waals surface area contributed by atoms with Crippen LogP contribution < -0.4 is 5.32 Å². The molecule has 1 aromatic carbocycles. The molecule has 1 aliphatic heterocycles. The molecule has 2 saturated carbocycles. The highest BCUT2D eigenvalue weighted by Gasteiger charge is 2.50. The van der Waals surface area contributed by atoms with E-state index in [-0.39, 0.29) is 23.8 Å². The van der Waals surface area contributed by atoms with E-state index in [9.17, 15) is 18.0 Å². The first kappa shape index (κ1) is 21.7. The molecule has 6 heteroatoms. The number of carbonyl (C=O) groups is 1. The molecular formula is C24H32F3NO2. The standard InChI is InChI=1S/C24H32F3NO2/c1-15-10-11-19-20(12-15)30-21(17-8-5-9-18(13-17)24(25,26)27)14-23(19,2)28-22(29)16-6-3-4-7-16/h5,8-9,13,15-16,19-21H,3-4,6-7,10-12,14H2,1-2H3,(H,28,29)/t15-,19-,20-,21-,23-/m0/s1. The van der Waals surface area contributed by atoms with Gasteiger partial charge >= 0.3 is 6.18 Å². The summed E-state index contributed by atoms with van der Waals surface area (Å²) in [7, 11) is 0. The van der Waals surface area contributed by atoms with E-state index in [4.69, 9.17) is 4.74 Å². The van der Waals surface area contributed by atoms with Crippen LogP contribution in [-0.4, -0.2) is 17.6 Å². The Morgan fingerprint density at radius 1 is 1.17 bits per heavy atom. The summed E-state index contributed by atoms with van der Waals surface area (Å²) in [5, 5.41) is 3.35. The van der Waals surface area contributed by atoms with Gasteiger partial charge in [-0.15, -0.1) is 0 Å². The lowest BCUT2D eigenvalue weighted by molar-refractivity contribution is -0.155. The number of benzene rings is 1. The molecule has 1 aromatic rings. The molecule has 166 valence electrons. The fraction of sp³-hybridized carbons (Fsp3) is 0.708. The van der Waals surface area contributed by atoms with Gasteiger partial charge in [0.2, 0.25) is 5.91 Å². The molecule has 5 atom stereocenters. The molecule has 0 radical (unpaired) electrons. The molecule has 1 saturated heterocycles. The number of ether oxygens (including phenoxy) is 1. The maximum absolute atomic E-state index is 13.3. The van der Waals surface area contributed by atoms with Gasteiger partial charge in [0.1, 0.15) is 0 Å². The van der Waals surface area contributed by atoms with Crippen LogP contribution >= 0.6 is 0 Å². The first-order valence-corrected chi connectivity index (χ1v) is 11.3. The zero-order valence-electron chi connectivity index (χ0n) is 17.8. The van der Waals surface area contributed by atoms with Gasteiger partial charge in [-0.25, -0.2) is 0 Å². The number of carbonyl (C=O) groups excluding carboxylic acids is 1. The summed E-state index contributed by atoms with van der Waals surface area (Å²) < 4.78 is 46.2. The Morgan fingerprint density at radius 3 is 2.60 bits per heavy atom. The van der Waals surface area contributed by atoms with Crippen LogP contribution in [0.25, 0.3) is 0 Å². The largest absolute Gasteiger partial charge is 0.416 e. The van der Waals surface area contributed by atoms with Crippen molar-refractivity contribution in [2.24, 2.45) is 17.8 Å². The predicted octanol–water partition coefficient (Wildman–Crippen LogP) is 6.04. The third-order valence-corrected chi connectivity index (χ3v) is 7.54. The van der Waals surface area contributed by atoms with Crippen LogP contribution in [-0.2, 0) is 15.7 Å². The molecule has 30 heavy (non-hydrogen) atoms. The molecule has 0 unspecified atom stereocenters. The number of alkyl halides is 3. The highest BCUT2D eigenvalue weighted by atomic mass is 19.4. The van der Waals surface area contributed by atoms with Crippen molar-refractivity contribution in [3.8, 4) is 0 Å². The Balaban J connectivity index is 1.61. The highest BCUT2D eigenvalue weighted by Crippen LogP contribution is 2.48. The van der Waals surface area contributed by atoms with Crippen molar-refractivity contribution in [2.75, 3.05) is 0 Å². The van der Waals surface area contributed by atoms with Crippen LogP contribution in [0.3, 0.4) is 0 Å². The van der Waals surface area contributed by atoms with Gasteiger partial charge in [-0.1, -0.05) is 38.3 Å². The number of fused-ring (bicyclic) bond motifs is 1. The van der Waals surface area contributed by atoms with E-state index < -0.39 is 23.4 Å². The lowest BCUT2D eigenvalue weighted by Crippen LogP contribution is -2.61. The Labute approximate surface area is 176 Å². The topological polar surface area (TPSA) is 38.3 Å². The number of hydrogen-bond acceptors (Lipinski definition) is 2. The minimum atomic E-state index is -4.38. The predicted molar refractivity (Wildman–Crippen MR) is 109 cm³/mol. The number of nitrogens with one attached hydrogen (secondary N) is 1. The van der Waals surface area contributed by atoms with Gasteiger partial charge in [0.05, 0.1) is 17.8 Å². The minimum Gasteiger partial charge on any atom is -0.370 e. The molecular weight excluding hydrogens is 391 g/mol. The van der Waals surface area contributed by atoms with E-state index in [0.29, 0.717) is 17.9 Å². The molecule has 1 N–H and O–H groups in total. The summed E-state index contributed by atoms with van der Waals surface area (Å²) in [4.78, 5) is 13.0. The van der Waals surface area contributed by atoms with Crippen molar-refractivity contribution in [3.63, 3.8) is 0 Å². The average molecular weight is 424 g/mol. The SMILES string of the molecule is C[C@H]1CC[C@H]2[C@H](C1)O[C@H](c1cccc(C(F)(F)F)c1)C[C@]2(C)NC(=O)C1CCCC1. The smallest absolute Gasteiger partial charge is 0.370 e. The zero-order chi connectivity index (χ0) is 21.5. The summed E-state index contributed by atoms with van der Waals surface area (Å²) in [5.41, 5.74) is -0.580. The summed E-state index contributed by atoms with van der Waals surface area (Å²) in [5.74, 6) is 0.886. The second-order valence-electron chi connectivity index (χ2n) is 9.90. The minimum absolute atomic E-state index is 0.0454. The molecule has 3 fully saturated rings. The third-order valence-electron chi connectivity index (χ3n) is 7.54.